The zero-order valence-electron chi connectivity index (χ0n) is 22.9. The van der Waals surface area contributed by atoms with Gasteiger partial charge in [0.15, 0.2) is 0 Å². The van der Waals surface area contributed by atoms with Gasteiger partial charge in [-0.3, -0.25) is 9.59 Å². The van der Waals surface area contributed by atoms with Gasteiger partial charge >= 0.3 is 0 Å². The van der Waals surface area contributed by atoms with Gasteiger partial charge in [-0.1, -0.05) is 0 Å². The lowest BCUT2D eigenvalue weighted by atomic mass is 9.95. The van der Waals surface area contributed by atoms with Crippen LogP contribution in [0.3, 0.4) is 0 Å². The Labute approximate surface area is 214 Å². The lowest BCUT2D eigenvalue weighted by molar-refractivity contribution is 0.0952. The zero-order valence-corrected chi connectivity index (χ0v) is 22.9. The van der Waals surface area contributed by atoms with E-state index in [9.17, 15) is 9.59 Å². The largest absolute Gasteiger partial charge is 0.371 e. The number of nitrogens with one attached hydrogen (secondary N) is 2. The number of aromatic nitrogens is 2. The molecule has 1 amide bonds. The third-order valence-corrected chi connectivity index (χ3v) is 7.43. The smallest absolute Gasteiger partial charge is 0.253 e. The van der Waals surface area contributed by atoms with Gasteiger partial charge in [0.25, 0.3) is 11.5 Å². The van der Waals surface area contributed by atoms with Gasteiger partial charge in [0.1, 0.15) is 0 Å². The Bertz CT molecular complexity index is 1310. The van der Waals surface area contributed by atoms with E-state index in [1.807, 2.05) is 26.0 Å². The predicted octanol–water partition coefficient (Wildman–Crippen LogP) is 4.54. The maximum Gasteiger partial charge on any atom is 0.253 e. The molecule has 1 aliphatic rings. The Morgan fingerprint density at radius 3 is 2.42 bits per heavy atom. The van der Waals surface area contributed by atoms with Crippen molar-refractivity contribution in [1.82, 2.24) is 19.8 Å². The number of carbonyl (C=O) groups is 1. The molecule has 7 heteroatoms. The highest BCUT2D eigenvalue weighted by Gasteiger charge is 2.24. The summed E-state index contributed by atoms with van der Waals surface area (Å²) in [4.78, 5) is 33.6. The predicted molar refractivity (Wildman–Crippen MR) is 148 cm³/mol. The number of carbonyl (C=O) groups excluding carboxylic acids is 1. The second kappa shape index (κ2) is 10.5. The molecule has 1 aromatic carbocycles. The summed E-state index contributed by atoms with van der Waals surface area (Å²) in [6, 6.07) is 6.52. The summed E-state index contributed by atoms with van der Waals surface area (Å²) in [5.41, 5.74) is 6.11. The Hall–Kier alpha value is -3.06. The molecular weight excluding hydrogens is 450 g/mol. The molecular formula is C29H41N5O2. The van der Waals surface area contributed by atoms with Crippen molar-refractivity contribution in [2.24, 2.45) is 5.92 Å². The molecule has 0 atom stereocenters. The Balaban J connectivity index is 1.67. The quantitative estimate of drug-likeness (QED) is 0.509. The average molecular weight is 492 g/mol. The summed E-state index contributed by atoms with van der Waals surface area (Å²) in [5.74, 6) is 0.564. The van der Waals surface area contributed by atoms with Crippen molar-refractivity contribution < 1.29 is 4.79 Å². The summed E-state index contributed by atoms with van der Waals surface area (Å²) < 4.78 is 2.26. The third kappa shape index (κ3) is 5.36. The van der Waals surface area contributed by atoms with Crippen LogP contribution in [0.1, 0.15) is 65.5 Å². The first kappa shape index (κ1) is 26.0. The van der Waals surface area contributed by atoms with E-state index in [1.165, 1.54) is 0 Å². The van der Waals surface area contributed by atoms with E-state index >= 15 is 0 Å². The number of benzene rings is 1. The molecule has 1 aliphatic heterocycles. The minimum atomic E-state index is -0.145. The number of rotatable bonds is 7. The van der Waals surface area contributed by atoms with Gasteiger partial charge in [-0.25, -0.2) is 0 Å². The number of anilines is 1. The van der Waals surface area contributed by atoms with E-state index in [4.69, 9.17) is 0 Å². The number of hydrogen-bond donors (Lipinski definition) is 2. The first-order valence-corrected chi connectivity index (χ1v) is 13.1. The molecule has 0 unspecified atom stereocenters. The molecule has 3 heterocycles. The van der Waals surface area contributed by atoms with Crippen LogP contribution in [0.15, 0.2) is 29.2 Å². The molecule has 2 aromatic heterocycles. The molecule has 36 heavy (non-hydrogen) atoms. The van der Waals surface area contributed by atoms with Crippen molar-refractivity contribution in [1.29, 1.82) is 0 Å². The Morgan fingerprint density at radius 1 is 1.11 bits per heavy atom. The molecule has 3 aromatic rings. The molecule has 0 bridgehead atoms. The summed E-state index contributed by atoms with van der Waals surface area (Å²) >= 11 is 0. The van der Waals surface area contributed by atoms with Gasteiger partial charge in [0, 0.05) is 60.7 Å². The van der Waals surface area contributed by atoms with Crippen molar-refractivity contribution in [3.05, 3.63) is 62.7 Å². The number of H-pyrrole nitrogens is 1. The number of amides is 1. The van der Waals surface area contributed by atoms with Crippen LogP contribution in [0.4, 0.5) is 5.69 Å². The fraction of sp³-hybridized carbons (Fsp3) is 0.517. The van der Waals surface area contributed by atoms with E-state index in [-0.39, 0.29) is 24.1 Å². The molecule has 1 fully saturated rings. The molecule has 4 rings (SSSR count). The van der Waals surface area contributed by atoms with E-state index in [0.29, 0.717) is 17.0 Å². The van der Waals surface area contributed by atoms with E-state index in [1.54, 1.807) is 0 Å². The van der Waals surface area contributed by atoms with Gasteiger partial charge in [-0.15, -0.1) is 0 Å². The maximum absolute atomic E-state index is 13.6. The number of aryl methyl sites for hydroxylation is 3. The standard InChI is InChI=1S/C29H41N5O2/c1-18(2)34-16-20(4)27-24(28(35)30-15-25-19(3)12-21(5)31-29(25)36)13-23(14-26(27)34)33-10-8-22(9-11-33)17-32(6)7/h12-14,16,18,22H,8-11,15,17H2,1-7H3,(H,30,35)(H,31,36). The Morgan fingerprint density at radius 2 is 1.81 bits per heavy atom. The van der Waals surface area contributed by atoms with E-state index < -0.39 is 0 Å². The van der Waals surface area contributed by atoms with Crippen LogP contribution in [0, 0.1) is 26.7 Å². The topological polar surface area (TPSA) is 73.4 Å². The molecule has 0 aliphatic carbocycles. The van der Waals surface area contributed by atoms with Crippen LogP contribution in [0.25, 0.3) is 10.9 Å². The summed E-state index contributed by atoms with van der Waals surface area (Å²) in [6.45, 7) is 13.5. The van der Waals surface area contributed by atoms with Gasteiger partial charge in [-0.2, -0.15) is 0 Å². The first-order valence-electron chi connectivity index (χ1n) is 13.1. The minimum Gasteiger partial charge on any atom is -0.371 e. The second-order valence-corrected chi connectivity index (χ2v) is 11.0. The van der Waals surface area contributed by atoms with Crippen molar-refractivity contribution in [3.63, 3.8) is 0 Å². The van der Waals surface area contributed by atoms with Crippen LogP contribution in [-0.2, 0) is 6.54 Å². The van der Waals surface area contributed by atoms with E-state index in [2.05, 4.69) is 71.8 Å². The van der Waals surface area contributed by atoms with Gasteiger partial charge in [0.2, 0.25) is 0 Å². The highest BCUT2D eigenvalue weighted by atomic mass is 16.1. The summed E-state index contributed by atoms with van der Waals surface area (Å²) in [5, 5.41) is 4.03. The third-order valence-electron chi connectivity index (χ3n) is 7.43. The van der Waals surface area contributed by atoms with Gasteiger partial charge < -0.3 is 24.7 Å². The van der Waals surface area contributed by atoms with E-state index in [0.717, 1.165) is 65.9 Å². The monoisotopic (exact) mass is 491 g/mol. The molecule has 0 saturated carbocycles. The SMILES string of the molecule is Cc1cc(C)c(CNC(=O)c2cc(N3CCC(CN(C)C)CC3)cc3c2c(C)cn3C(C)C)c(=O)[nH]1. The van der Waals surface area contributed by atoms with Crippen LogP contribution in [-0.4, -0.2) is 54.1 Å². The van der Waals surface area contributed by atoms with Crippen LogP contribution in [0.2, 0.25) is 0 Å². The van der Waals surface area contributed by atoms with Crippen molar-refractivity contribution in [3.8, 4) is 0 Å². The fourth-order valence-electron chi connectivity index (χ4n) is 5.62. The van der Waals surface area contributed by atoms with Crippen LogP contribution in [0.5, 0.6) is 0 Å². The van der Waals surface area contributed by atoms with Crippen molar-refractivity contribution in [2.45, 2.75) is 60.0 Å². The lowest BCUT2D eigenvalue weighted by Gasteiger charge is -2.35. The fourth-order valence-corrected chi connectivity index (χ4v) is 5.62. The normalized spacial score (nSPS) is 14.9. The molecule has 2 N–H and O–H groups in total. The molecule has 7 nitrogen and oxygen atoms in total. The number of piperidine rings is 1. The summed E-state index contributed by atoms with van der Waals surface area (Å²) in [7, 11) is 4.28. The number of pyridine rings is 1. The first-order chi connectivity index (χ1) is 17.0. The number of hydrogen-bond acceptors (Lipinski definition) is 4. The zero-order chi connectivity index (χ0) is 26.1. The van der Waals surface area contributed by atoms with Crippen LogP contribution >= 0.6 is 0 Å². The molecule has 1 saturated heterocycles. The average Bonchev–Trinajstić information content (AvgIpc) is 3.14. The summed E-state index contributed by atoms with van der Waals surface area (Å²) in [6.07, 6.45) is 4.45. The van der Waals surface area contributed by atoms with Crippen molar-refractivity contribution >= 4 is 22.5 Å². The molecule has 0 radical (unpaired) electrons. The van der Waals surface area contributed by atoms with Crippen molar-refractivity contribution in [2.75, 3.05) is 38.6 Å². The molecule has 194 valence electrons. The minimum absolute atomic E-state index is 0.144. The number of aromatic amines is 1. The molecule has 0 spiro atoms. The van der Waals surface area contributed by atoms with Gasteiger partial charge in [0.05, 0.1) is 11.1 Å². The second-order valence-electron chi connectivity index (χ2n) is 11.0. The highest BCUT2D eigenvalue weighted by molar-refractivity contribution is 6.09. The maximum atomic E-state index is 13.6. The number of fused-ring (bicyclic) bond motifs is 1. The lowest BCUT2D eigenvalue weighted by Crippen LogP contribution is -2.37. The van der Waals surface area contributed by atoms with Gasteiger partial charge in [-0.05, 0) is 96.8 Å². The van der Waals surface area contributed by atoms with Crippen LogP contribution < -0.4 is 15.8 Å². The Kier molecular flexibility index (Phi) is 7.59. The highest BCUT2D eigenvalue weighted by Crippen LogP contribution is 2.34. The number of nitrogens with zero attached hydrogens (tertiary/aromatic N) is 3.